The standard InChI is InChI=1S/C16H26N2O3/c1-10(2)13-14(19)17-12(11-5-6-11)15(20)18(13)16(3)7-4-8-21-9-16/h10-13H,4-9H2,1-3H3,(H,17,19). The molecule has 0 spiro atoms. The minimum atomic E-state index is -0.376. The monoisotopic (exact) mass is 294 g/mol. The molecule has 0 radical (unpaired) electrons. The van der Waals surface area contributed by atoms with E-state index in [0.717, 1.165) is 32.3 Å². The lowest BCUT2D eigenvalue weighted by Gasteiger charge is -2.51. The minimum Gasteiger partial charge on any atom is -0.379 e. The fourth-order valence-corrected chi connectivity index (χ4v) is 3.77. The van der Waals surface area contributed by atoms with Crippen LogP contribution in [0.3, 0.4) is 0 Å². The van der Waals surface area contributed by atoms with Gasteiger partial charge >= 0.3 is 0 Å². The molecule has 3 rings (SSSR count). The van der Waals surface area contributed by atoms with Crippen molar-refractivity contribution in [3.05, 3.63) is 0 Å². The SMILES string of the molecule is CC(C)C1C(=O)NC(C2CC2)C(=O)N1C1(C)CCCOC1. The second-order valence-electron chi connectivity index (χ2n) is 7.37. The van der Waals surface area contributed by atoms with Crippen LogP contribution in [0.4, 0.5) is 0 Å². The van der Waals surface area contributed by atoms with E-state index in [4.69, 9.17) is 4.74 Å². The Hall–Kier alpha value is -1.10. The first-order valence-corrected chi connectivity index (χ1v) is 8.15. The van der Waals surface area contributed by atoms with Crippen molar-refractivity contribution >= 4 is 11.8 Å². The average molecular weight is 294 g/mol. The molecule has 118 valence electrons. The zero-order valence-corrected chi connectivity index (χ0v) is 13.2. The van der Waals surface area contributed by atoms with Crippen LogP contribution < -0.4 is 5.32 Å². The lowest BCUT2D eigenvalue weighted by molar-refractivity contribution is -0.166. The van der Waals surface area contributed by atoms with Crippen LogP contribution in [0.15, 0.2) is 0 Å². The van der Waals surface area contributed by atoms with Crippen LogP contribution in [0.5, 0.6) is 0 Å². The number of nitrogens with zero attached hydrogens (tertiary/aromatic N) is 1. The molecule has 3 aliphatic rings. The minimum absolute atomic E-state index is 0.00768. The smallest absolute Gasteiger partial charge is 0.246 e. The molecule has 0 bridgehead atoms. The first-order valence-electron chi connectivity index (χ1n) is 8.15. The highest BCUT2D eigenvalue weighted by molar-refractivity contribution is 5.98. The molecule has 5 nitrogen and oxygen atoms in total. The summed E-state index contributed by atoms with van der Waals surface area (Å²) >= 11 is 0. The van der Waals surface area contributed by atoms with E-state index in [1.807, 2.05) is 18.7 Å². The van der Waals surface area contributed by atoms with Crippen molar-refractivity contribution in [3.63, 3.8) is 0 Å². The zero-order chi connectivity index (χ0) is 15.2. The third-order valence-electron chi connectivity index (χ3n) is 5.07. The topological polar surface area (TPSA) is 58.6 Å². The molecule has 3 atom stereocenters. The molecular formula is C16H26N2O3. The molecule has 2 saturated heterocycles. The molecule has 2 amide bonds. The predicted octanol–water partition coefficient (Wildman–Crippen LogP) is 1.32. The Morgan fingerprint density at radius 1 is 1.33 bits per heavy atom. The zero-order valence-electron chi connectivity index (χ0n) is 13.2. The number of hydrogen-bond donors (Lipinski definition) is 1. The van der Waals surface area contributed by atoms with Gasteiger partial charge in [-0.25, -0.2) is 0 Å². The van der Waals surface area contributed by atoms with Gasteiger partial charge in [-0.2, -0.15) is 0 Å². The Morgan fingerprint density at radius 3 is 2.57 bits per heavy atom. The van der Waals surface area contributed by atoms with E-state index in [0.29, 0.717) is 12.5 Å². The van der Waals surface area contributed by atoms with Crippen molar-refractivity contribution in [3.8, 4) is 0 Å². The lowest BCUT2D eigenvalue weighted by atomic mass is 9.85. The number of hydrogen-bond acceptors (Lipinski definition) is 3. The Labute approximate surface area is 126 Å². The van der Waals surface area contributed by atoms with Gasteiger partial charge < -0.3 is 15.0 Å². The van der Waals surface area contributed by atoms with Gasteiger partial charge in [0.05, 0.1) is 12.1 Å². The van der Waals surface area contributed by atoms with Crippen LogP contribution in [0, 0.1) is 11.8 Å². The van der Waals surface area contributed by atoms with Crippen molar-refractivity contribution in [1.29, 1.82) is 0 Å². The van der Waals surface area contributed by atoms with Crippen molar-refractivity contribution < 1.29 is 14.3 Å². The van der Waals surface area contributed by atoms with E-state index in [-0.39, 0.29) is 35.4 Å². The lowest BCUT2D eigenvalue weighted by Crippen LogP contribution is -2.72. The van der Waals surface area contributed by atoms with E-state index in [9.17, 15) is 9.59 Å². The van der Waals surface area contributed by atoms with Gasteiger partial charge in [-0.1, -0.05) is 13.8 Å². The summed E-state index contributed by atoms with van der Waals surface area (Å²) in [5, 5.41) is 2.97. The molecule has 0 aromatic heterocycles. The number of amides is 2. The molecule has 5 heteroatoms. The number of carbonyl (C=O) groups excluding carboxylic acids is 2. The summed E-state index contributed by atoms with van der Waals surface area (Å²) in [4.78, 5) is 27.5. The fraction of sp³-hybridized carbons (Fsp3) is 0.875. The summed E-state index contributed by atoms with van der Waals surface area (Å²) in [5.41, 5.74) is -0.352. The number of nitrogens with one attached hydrogen (secondary N) is 1. The fourth-order valence-electron chi connectivity index (χ4n) is 3.77. The van der Waals surface area contributed by atoms with Crippen molar-refractivity contribution in [2.24, 2.45) is 11.8 Å². The van der Waals surface area contributed by atoms with E-state index in [1.54, 1.807) is 0 Å². The molecule has 1 N–H and O–H groups in total. The third-order valence-corrected chi connectivity index (χ3v) is 5.07. The second-order valence-corrected chi connectivity index (χ2v) is 7.37. The molecule has 0 aromatic carbocycles. The van der Waals surface area contributed by atoms with Gasteiger partial charge in [0.25, 0.3) is 0 Å². The number of rotatable bonds is 3. The summed E-state index contributed by atoms with van der Waals surface area (Å²) in [6.07, 6.45) is 3.95. The Balaban J connectivity index is 1.93. The number of ether oxygens (including phenoxy) is 1. The van der Waals surface area contributed by atoms with E-state index in [2.05, 4.69) is 12.2 Å². The van der Waals surface area contributed by atoms with Gasteiger partial charge in [0.15, 0.2) is 0 Å². The normalized spacial score (nSPS) is 37.8. The molecule has 1 aliphatic carbocycles. The van der Waals surface area contributed by atoms with Gasteiger partial charge in [-0.05, 0) is 44.4 Å². The Kier molecular flexibility index (Phi) is 3.72. The maximum absolute atomic E-state index is 13.0. The van der Waals surface area contributed by atoms with Gasteiger partial charge in [-0.15, -0.1) is 0 Å². The first-order chi connectivity index (χ1) is 9.94. The third kappa shape index (κ3) is 2.56. The van der Waals surface area contributed by atoms with Crippen LogP contribution in [0.1, 0.15) is 46.5 Å². The molecule has 21 heavy (non-hydrogen) atoms. The summed E-state index contributed by atoms with van der Waals surface area (Å²) < 4.78 is 5.64. The summed E-state index contributed by atoms with van der Waals surface area (Å²) in [6.45, 7) is 7.38. The van der Waals surface area contributed by atoms with E-state index >= 15 is 0 Å². The van der Waals surface area contributed by atoms with Crippen molar-refractivity contribution in [2.75, 3.05) is 13.2 Å². The van der Waals surface area contributed by atoms with Crippen LogP contribution in [-0.2, 0) is 14.3 Å². The summed E-state index contributed by atoms with van der Waals surface area (Å²) in [7, 11) is 0. The van der Waals surface area contributed by atoms with Crippen molar-refractivity contribution in [2.45, 2.75) is 64.1 Å². The molecule has 3 fully saturated rings. The highest BCUT2D eigenvalue weighted by atomic mass is 16.5. The van der Waals surface area contributed by atoms with Gasteiger partial charge in [0, 0.05) is 6.61 Å². The highest BCUT2D eigenvalue weighted by Crippen LogP contribution is 2.39. The molecule has 3 unspecified atom stereocenters. The average Bonchev–Trinajstić information content (AvgIpc) is 3.25. The van der Waals surface area contributed by atoms with Crippen LogP contribution in [-0.4, -0.2) is 47.6 Å². The quantitative estimate of drug-likeness (QED) is 0.854. The van der Waals surface area contributed by atoms with Crippen LogP contribution >= 0.6 is 0 Å². The van der Waals surface area contributed by atoms with Gasteiger partial charge in [-0.3, -0.25) is 9.59 Å². The first kappa shape index (κ1) is 14.8. The maximum Gasteiger partial charge on any atom is 0.246 e. The highest BCUT2D eigenvalue weighted by Gasteiger charge is 2.53. The number of piperazine rings is 1. The maximum atomic E-state index is 13.0. The van der Waals surface area contributed by atoms with E-state index < -0.39 is 0 Å². The Bertz CT molecular complexity index is 439. The molecule has 2 aliphatic heterocycles. The Morgan fingerprint density at radius 2 is 2.05 bits per heavy atom. The molecule has 1 saturated carbocycles. The molecular weight excluding hydrogens is 268 g/mol. The van der Waals surface area contributed by atoms with Crippen LogP contribution in [0.2, 0.25) is 0 Å². The largest absolute Gasteiger partial charge is 0.379 e. The summed E-state index contributed by atoms with van der Waals surface area (Å²) in [6, 6.07) is -0.689. The predicted molar refractivity (Wildman–Crippen MR) is 78.6 cm³/mol. The number of carbonyl (C=O) groups is 2. The summed E-state index contributed by atoms with van der Waals surface area (Å²) in [5.74, 6) is 0.551. The van der Waals surface area contributed by atoms with Crippen LogP contribution in [0.25, 0.3) is 0 Å². The van der Waals surface area contributed by atoms with E-state index in [1.165, 1.54) is 0 Å². The molecule has 0 aromatic rings. The van der Waals surface area contributed by atoms with Gasteiger partial charge in [0.2, 0.25) is 11.8 Å². The van der Waals surface area contributed by atoms with Gasteiger partial charge in [0.1, 0.15) is 12.1 Å². The molecule has 2 heterocycles. The second kappa shape index (κ2) is 5.27. The van der Waals surface area contributed by atoms with Crippen molar-refractivity contribution in [1.82, 2.24) is 10.2 Å².